The summed E-state index contributed by atoms with van der Waals surface area (Å²) in [6.45, 7) is 4.94. The molecular formula is C30H33F3N4O3. The molecule has 1 heterocycles. The Bertz CT molecular complexity index is 1260. The lowest BCUT2D eigenvalue weighted by molar-refractivity contribution is -0.137. The van der Waals surface area contributed by atoms with Gasteiger partial charge in [0, 0.05) is 32.3 Å². The quantitative estimate of drug-likeness (QED) is 0.229. The number of nitrogen functional groups attached to an aromatic ring is 1. The monoisotopic (exact) mass is 554 g/mol. The average Bonchev–Trinajstić information content (AvgIpc) is 2.96. The van der Waals surface area contributed by atoms with Crippen LogP contribution >= 0.6 is 0 Å². The molecule has 1 aliphatic rings. The highest BCUT2D eigenvalue weighted by Gasteiger charge is 2.30. The molecule has 40 heavy (non-hydrogen) atoms. The lowest BCUT2D eigenvalue weighted by Crippen LogP contribution is -2.41. The number of halogens is 3. The van der Waals surface area contributed by atoms with Gasteiger partial charge in [-0.1, -0.05) is 36.4 Å². The van der Waals surface area contributed by atoms with Crippen molar-refractivity contribution < 1.29 is 27.4 Å². The van der Waals surface area contributed by atoms with Gasteiger partial charge in [-0.05, 0) is 53.6 Å². The maximum Gasteiger partial charge on any atom is 0.416 e. The Morgan fingerprint density at radius 3 is 2.40 bits per heavy atom. The van der Waals surface area contributed by atoms with Gasteiger partial charge in [0.1, 0.15) is 12.4 Å². The van der Waals surface area contributed by atoms with Crippen LogP contribution in [0.1, 0.15) is 22.7 Å². The Morgan fingerprint density at radius 2 is 1.73 bits per heavy atom. The summed E-state index contributed by atoms with van der Waals surface area (Å²) in [5.41, 5.74) is 7.97. The number of carbonyl (C=O) groups excluding carboxylic acids is 1. The summed E-state index contributed by atoms with van der Waals surface area (Å²) >= 11 is 0. The number of carbonyl (C=O) groups is 1. The van der Waals surface area contributed by atoms with Crippen molar-refractivity contribution in [3.63, 3.8) is 0 Å². The zero-order chi connectivity index (χ0) is 28.4. The predicted molar refractivity (Wildman–Crippen MR) is 150 cm³/mol. The standard InChI is InChI=1S/C30H33F3N4O3/c31-30(32,33)24-10-12-25(13-11-24)40-21-28(35-15-16-37-17-19-39-20-18-37)23-8-5-22(6-9-23)7-14-29(38)36-27-4-2-1-3-26(27)34/h1-14,28,35H,15-21,34H2,(H,36,38)/b14-7+. The average molecular weight is 555 g/mol. The van der Waals surface area contributed by atoms with Crippen LogP contribution in [-0.2, 0) is 15.7 Å². The first-order valence-electron chi connectivity index (χ1n) is 13.0. The highest BCUT2D eigenvalue weighted by Crippen LogP contribution is 2.30. The summed E-state index contributed by atoms with van der Waals surface area (Å²) in [4.78, 5) is 14.6. The number of nitrogens with two attached hydrogens (primary N) is 1. The number of anilines is 2. The fourth-order valence-electron chi connectivity index (χ4n) is 4.21. The lowest BCUT2D eigenvalue weighted by atomic mass is 10.0. The molecule has 0 saturated carbocycles. The molecule has 1 fully saturated rings. The van der Waals surface area contributed by atoms with Crippen LogP contribution in [-0.4, -0.2) is 56.8 Å². The summed E-state index contributed by atoms with van der Waals surface area (Å²) in [7, 11) is 0. The first-order chi connectivity index (χ1) is 19.3. The highest BCUT2D eigenvalue weighted by atomic mass is 19.4. The minimum absolute atomic E-state index is 0.203. The van der Waals surface area contributed by atoms with Gasteiger partial charge in [0.25, 0.3) is 0 Å². The van der Waals surface area contributed by atoms with E-state index in [2.05, 4.69) is 15.5 Å². The van der Waals surface area contributed by atoms with Crippen LogP contribution in [0.15, 0.2) is 78.9 Å². The number of rotatable bonds is 11. The fraction of sp³-hybridized carbons (Fsp3) is 0.300. The molecule has 0 aromatic heterocycles. The number of amides is 1. The third-order valence-corrected chi connectivity index (χ3v) is 6.51. The minimum atomic E-state index is -4.39. The van der Waals surface area contributed by atoms with E-state index in [1.807, 2.05) is 24.3 Å². The van der Waals surface area contributed by atoms with E-state index in [0.717, 1.165) is 42.9 Å². The van der Waals surface area contributed by atoms with E-state index in [0.29, 0.717) is 36.9 Å². The molecule has 3 aromatic carbocycles. The summed E-state index contributed by atoms with van der Waals surface area (Å²) in [6, 6.07) is 19.2. The number of nitrogens with zero attached hydrogens (tertiary/aromatic N) is 1. The molecule has 3 aromatic rings. The molecule has 0 spiro atoms. The van der Waals surface area contributed by atoms with E-state index in [-0.39, 0.29) is 18.6 Å². The molecule has 1 amide bonds. The number of ether oxygens (including phenoxy) is 2. The third kappa shape index (κ3) is 8.84. The number of nitrogens with one attached hydrogen (secondary N) is 2. The van der Waals surface area contributed by atoms with E-state index in [4.69, 9.17) is 15.2 Å². The number of hydrogen-bond donors (Lipinski definition) is 3. The first kappa shape index (κ1) is 29.1. The van der Waals surface area contributed by atoms with Crippen molar-refractivity contribution in [1.82, 2.24) is 10.2 Å². The molecule has 7 nitrogen and oxygen atoms in total. The molecule has 4 N–H and O–H groups in total. The maximum absolute atomic E-state index is 12.9. The van der Waals surface area contributed by atoms with E-state index in [1.54, 1.807) is 30.3 Å². The van der Waals surface area contributed by atoms with E-state index >= 15 is 0 Å². The predicted octanol–water partition coefficient (Wildman–Crippen LogP) is 4.98. The van der Waals surface area contributed by atoms with E-state index in [9.17, 15) is 18.0 Å². The second-order valence-corrected chi connectivity index (χ2v) is 9.37. The maximum atomic E-state index is 12.9. The summed E-state index contributed by atoms with van der Waals surface area (Å²) in [5.74, 6) is 0.0622. The van der Waals surface area contributed by atoms with Gasteiger partial charge in [-0.3, -0.25) is 9.69 Å². The molecule has 0 aliphatic carbocycles. The van der Waals surface area contributed by atoms with Crippen LogP contribution in [0.25, 0.3) is 6.08 Å². The zero-order valence-corrected chi connectivity index (χ0v) is 22.0. The molecule has 4 rings (SSSR count). The van der Waals surface area contributed by atoms with Gasteiger partial charge in [-0.25, -0.2) is 0 Å². The van der Waals surface area contributed by atoms with Gasteiger partial charge in [-0.15, -0.1) is 0 Å². The second-order valence-electron chi connectivity index (χ2n) is 9.37. The first-order valence-corrected chi connectivity index (χ1v) is 13.0. The Kier molecular flexibility index (Phi) is 10.2. The number of morpholine rings is 1. The Hall–Kier alpha value is -3.86. The van der Waals surface area contributed by atoms with E-state index < -0.39 is 11.7 Å². The largest absolute Gasteiger partial charge is 0.492 e. The fourth-order valence-corrected chi connectivity index (χ4v) is 4.21. The summed E-state index contributed by atoms with van der Waals surface area (Å²) in [5, 5.41) is 6.26. The molecule has 1 saturated heterocycles. The van der Waals surface area contributed by atoms with Crippen molar-refractivity contribution in [2.24, 2.45) is 0 Å². The highest BCUT2D eigenvalue weighted by molar-refractivity contribution is 6.03. The second kappa shape index (κ2) is 14.0. The third-order valence-electron chi connectivity index (χ3n) is 6.51. The van der Waals surface area contributed by atoms with Gasteiger partial charge in [0.05, 0.1) is 36.2 Å². The zero-order valence-electron chi connectivity index (χ0n) is 22.0. The van der Waals surface area contributed by atoms with Gasteiger partial charge >= 0.3 is 6.18 Å². The Balaban J connectivity index is 1.38. The molecule has 1 atom stereocenters. The van der Waals surface area contributed by atoms with Crippen LogP contribution in [0.2, 0.25) is 0 Å². The summed E-state index contributed by atoms with van der Waals surface area (Å²) in [6.07, 6.45) is -1.25. The topological polar surface area (TPSA) is 88.8 Å². The van der Waals surface area contributed by atoms with Crippen LogP contribution in [0.3, 0.4) is 0 Å². The van der Waals surface area contributed by atoms with Crippen LogP contribution in [0, 0.1) is 0 Å². The van der Waals surface area contributed by atoms with Gasteiger partial charge in [0.15, 0.2) is 0 Å². The molecule has 212 valence electrons. The molecule has 1 aliphatic heterocycles. The van der Waals surface area contributed by atoms with Crippen molar-refractivity contribution in [2.45, 2.75) is 12.2 Å². The Labute approximate surface area is 231 Å². The molecule has 0 bridgehead atoms. The van der Waals surface area contributed by atoms with Crippen molar-refractivity contribution >= 4 is 23.4 Å². The van der Waals surface area contributed by atoms with Crippen LogP contribution in [0.5, 0.6) is 5.75 Å². The van der Waals surface area contributed by atoms with Crippen LogP contribution < -0.4 is 21.1 Å². The van der Waals surface area contributed by atoms with E-state index in [1.165, 1.54) is 18.2 Å². The normalized spacial score (nSPS) is 15.2. The number of hydrogen-bond acceptors (Lipinski definition) is 6. The van der Waals surface area contributed by atoms with Crippen molar-refractivity contribution in [2.75, 3.05) is 57.1 Å². The van der Waals surface area contributed by atoms with Gasteiger partial charge in [0.2, 0.25) is 5.91 Å². The molecular weight excluding hydrogens is 521 g/mol. The van der Waals surface area contributed by atoms with Crippen molar-refractivity contribution in [3.05, 3.63) is 95.6 Å². The SMILES string of the molecule is Nc1ccccc1NC(=O)/C=C/c1ccc(C(COc2ccc(C(F)(F)F)cc2)NCCN2CCOCC2)cc1. The molecule has 10 heteroatoms. The van der Waals surface area contributed by atoms with Gasteiger partial charge < -0.3 is 25.8 Å². The molecule has 1 unspecified atom stereocenters. The lowest BCUT2D eigenvalue weighted by Gasteiger charge is -2.28. The summed E-state index contributed by atoms with van der Waals surface area (Å²) < 4.78 is 50.0. The number of alkyl halides is 3. The van der Waals surface area contributed by atoms with Gasteiger partial charge in [-0.2, -0.15) is 13.2 Å². The number of benzene rings is 3. The van der Waals surface area contributed by atoms with Crippen molar-refractivity contribution in [3.8, 4) is 5.75 Å². The molecule has 0 radical (unpaired) electrons. The van der Waals surface area contributed by atoms with Crippen LogP contribution in [0.4, 0.5) is 24.5 Å². The van der Waals surface area contributed by atoms with Crippen molar-refractivity contribution in [1.29, 1.82) is 0 Å². The minimum Gasteiger partial charge on any atom is -0.492 e. The Morgan fingerprint density at radius 1 is 1.02 bits per heavy atom. The smallest absolute Gasteiger partial charge is 0.416 e. The number of para-hydroxylation sites is 2.